The number of hydrogen-bond donors (Lipinski definition) is 0. The monoisotopic (exact) mass is 259 g/mol. The van der Waals surface area contributed by atoms with Gasteiger partial charge in [0.2, 0.25) is 5.91 Å². The molecule has 100 valence electrons. The molecule has 0 aliphatic rings. The second-order valence-electron chi connectivity index (χ2n) is 4.49. The molecule has 2 rings (SSSR count). The Morgan fingerprint density at radius 3 is 2.32 bits per heavy atom. The lowest BCUT2D eigenvalue weighted by Crippen LogP contribution is -2.29. The van der Waals surface area contributed by atoms with Crippen LogP contribution < -0.4 is 10.5 Å². The van der Waals surface area contributed by atoms with Crippen LogP contribution in [-0.2, 0) is 11.8 Å². The second kappa shape index (κ2) is 4.76. The summed E-state index contributed by atoms with van der Waals surface area (Å²) in [4.78, 5) is 25.4. The Hall–Kier alpha value is -2.30. The molecule has 2 aromatic rings. The molecule has 0 unspecified atom stereocenters. The lowest BCUT2D eigenvalue weighted by atomic mass is 10.3. The third-order valence-corrected chi connectivity index (χ3v) is 3.33. The van der Waals surface area contributed by atoms with Crippen LogP contribution in [0.5, 0.6) is 0 Å². The first-order chi connectivity index (χ1) is 8.95. The minimum Gasteiger partial charge on any atom is -0.309 e. The summed E-state index contributed by atoms with van der Waals surface area (Å²) in [6.45, 7) is 3.27. The first kappa shape index (κ1) is 13.1. The predicted molar refractivity (Wildman–Crippen MR) is 74.8 cm³/mol. The van der Waals surface area contributed by atoms with Gasteiger partial charge in [-0.2, -0.15) is 0 Å². The van der Waals surface area contributed by atoms with Gasteiger partial charge in [-0.05, 0) is 19.1 Å². The van der Waals surface area contributed by atoms with Crippen LogP contribution in [0.25, 0.3) is 5.69 Å². The molecule has 0 bridgehead atoms. The maximum Gasteiger partial charge on any atom is 0.295 e. The molecule has 1 heterocycles. The van der Waals surface area contributed by atoms with Gasteiger partial charge in [-0.25, -0.2) is 4.68 Å². The van der Waals surface area contributed by atoms with E-state index in [1.54, 1.807) is 23.5 Å². The predicted octanol–water partition coefficient (Wildman–Crippen LogP) is 1.47. The van der Waals surface area contributed by atoms with Crippen molar-refractivity contribution in [1.29, 1.82) is 0 Å². The van der Waals surface area contributed by atoms with Crippen molar-refractivity contribution in [3.8, 4) is 5.69 Å². The summed E-state index contributed by atoms with van der Waals surface area (Å²) >= 11 is 0. The normalized spacial score (nSPS) is 10.5. The van der Waals surface area contributed by atoms with E-state index in [1.807, 2.05) is 37.3 Å². The van der Waals surface area contributed by atoms with E-state index in [0.717, 1.165) is 11.4 Å². The Morgan fingerprint density at radius 1 is 1.21 bits per heavy atom. The van der Waals surface area contributed by atoms with Crippen LogP contribution >= 0.6 is 0 Å². The summed E-state index contributed by atoms with van der Waals surface area (Å²) in [6, 6.07) is 9.36. The summed E-state index contributed by atoms with van der Waals surface area (Å²) in [7, 11) is 3.42. The molecule has 1 aromatic heterocycles. The summed E-state index contributed by atoms with van der Waals surface area (Å²) in [6.07, 6.45) is 0. The third kappa shape index (κ3) is 2.07. The molecule has 5 heteroatoms. The third-order valence-electron chi connectivity index (χ3n) is 3.33. The second-order valence-corrected chi connectivity index (χ2v) is 4.49. The lowest BCUT2D eigenvalue weighted by molar-refractivity contribution is -0.116. The molecule has 0 aliphatic carbocycles. The summed E-state index contributed by atoms with van der Waals surface area (Å²) < 4.78 is 3.32. The molecule has 1 aromatic carbocycles. The first-order valence-electron chi connectivity index (χ1n) is 6.03. The van der Waals surface area contributed by atoms with Crippen LogP contribution in [-0.4, -0.2) is 22.3 Å². The van der Waals surface area contributed by atoms with Crippen molar-refractivity contribution >= 4 is 11.6 Å². The number of nitrogens with zero attached hydrogens (tertiary/aromatic N) is 3. The van der Waals surface area contributed by atoms with E-state index >= 15 is 0 Å². The number of benzene rings is 1. The van der Waals surface area contributed by atoms with E-state index in [-0.39, 0.29) is 11.5 Å². The average molecular weight is 259 g/mol. The number of carbonyl (C=O) groups excluding carboxylic acids is 1. The minimum absolute atomic E-state index is 0.161. The van der Waals surface area contributed by atoms with Crippen LogP contribution in [0.15, 0.2) is 35.1 Å². The highest BCUT2D eigenvalue weighted by Crippen LogP contribution is 2.16. The number of carbonyl (C=O) groups is 1. The lowest BCUT2D eigenvalue weighted by Gasteiger charge is -2.12. The van der Waals surface area contributed by atoms with Gasteiger partial charge in [0.15, 0.2) is 0 Å². The van der Waals surface area contributed by atoms with Crippen LogP contribution in [0, 0.1) is 6.92 Å². The van der Waals surface area contributed by atoms with Crippen molar-refractivity contribution in [1.82, 2.24) is 9.36 Å². The van der Waals surface area contributed by atoms with Gasteiger partial charge in [-0.3, -0.25) is 14.3 Å². The van der Waals surface area contributed by atoms with Gasteiger partial charge in [-0.1, -0.05) is 18.2 Å². The molecular weight excluding hydrogens is 242 g/mol. The minimum atomic E-state index is -0.191. The fraction of sp³-hybridized carbons (Fsp3) is 0.286. The molecule has 1 amide bonds. The average Bonchev–Trinajstić information content (AvgIpc) is 2.61. The molecule has 0 aliphatic heterocycles. The Labute approximate surface area is 111 Å². The quantitative estimate of drug-likeness (QED) is 0.820. The van der Waals surface area contributed by atoms with Gasteiger partial charge in [0.05, 0.1) is 11.4 Å². The number of rotatable bonds is 2. The number of aromatic nitrogens is 2. The van der Waals surface area contributed by atoms with E-state index in [2.05, 4.69) is 0 Å². The van der Waals surface area contributed by atoms with Crippen molar-refractivity contribution in [2.45, 2.75) is 13.8 Å². The van der Waals surface area contributed by atoms with Crippen LogP contribution in [0.4, 0.5) is 5.69 Å². The van der Waals surface area contributed by atoms with Crippen LogP contribution in [0.2, 0.25) is 0 Å². The SMILES string of the molecule is CC(=O)N(C)c1c(C)n(C)n(-c2ccccc2)c1=O. The Morgan fingerprint density at radius 2 is 1.79 bits per heavy atom. The number of para-hydroxylation sites is 1. The standard InChI is InChI=1S/C14H17N3O2/c1-10-13(15(3)11(2)18)14(19)17(16(10)4)12-8-6-5-7-9-12/h5-9H,1-4H3. The number of anilines is 1. The van der Waals surface area contributed by atoms with E-state index < -0.39 is 0 Å². The zero-order valence-corrected chi connectivity index (χ0v) is 11.5. The zero-order valence-electron chi connectivity index (χ0n) is 11.5. The zero-order chi connectivity index (χ0) is 14.2. The molecule has 5 nitrogen and oxygen atoms in total. The van der Waals surface area contributed by atoms with E-state index in [4.69, 9.17) is 0 Å². The van der Waals surface area contributed by atoms with Crippen molar-refractivity contribution in [2.24, 2.45) is 7.05 Å². The van der Waals surface area contributed by atoms with Gasteiger partial charge in [0.25, 0.3) is 5.56 Å². The Balaban J connectivity index is 2.70. The summed E-state index contributed by atoms with van der Waals surface area (Å²) in [5.74, 6) is -0.161. The van der Waals surface area contributed by atoms with Gasteiger partial charge in [0.1, 0.15) is 5.69 Å². The van der Waals surface area contributed by atoms with Gasteiger partial charge >= 0.3 is 0 Å². The Kier molecular flexibility index (Phi) is 3.29. The Bertz CT molecular complexity index is 668. The van der Waals surface area contributed by atoms with Crippen molar-refractivity contribution < 1.29 is 4.79 Å². The molecule has 0 atom stereocenters. The molecule has 0 saturated heterocycles. The first-order valence-corrected chi connectivity index (χ1v) is 6.03. The van der Waals surface area contributed by atoms with E-state index in [1.165, 1.54) is 11.8 Å². The topological polar surface area (TPSA) is 47.2 Å². The number of hydrogen-bond acceptors (Lipinski definition) is 2. The van der Waals surface area contributed by atoms with Crippen LogP contribution in [0.1, 0.15) is 12.6 Å². The summed E-state index contributed by atoms with van der Waals surface area (Å²) in [5, 5.41) is 0. The molecule has 0 N–H and O–H groups in total. The highest BCUT2D eigenvalue weighted by atomic mass is 16.2. The van der Waals surface area contributed by atoms with Crippen LogP contribution in [0.3, 0.4) is 0 Å². The summed E-state index contributed by atoms with van der Waals surface area (Å²) in [5.41, 5.74) is 1.76. The van der Waals surface area contributed by atoms with Crippen molar-refractivity contribution in [3.05, 3.63) is 46.4 Å². The maximum absolute atomic E-state index is 12.5. The van der Waals surface area contributed by atoms with E-state index in [9.17, 15) is 9.59 Å². The molecule has 0 spiro atoms. The number of amides is 1. The fourth-order valence-electron chi connectivity index (χ4n) is 2.10. The van der Waals surface area contributed by atoms with Crippen molar-refractivity contribution in [3.63, 3.8) is 0 Å². The smallest absolute Gasteiger partial charge is 0.295 e. The van der Waals surface area contributed by atoms with Crippen molar-refractivity contribution in [2.75, 3.05) is 11.9 Å². The molecule has 19 heavy (non-hydrogen) atoms. The fourth-order valence-corrected chi connectivity index (χ4v) is 2.10. The van der Waals surface area contributed by atoms with E-state index in [0.29, 0.717) is 5.69 Å². The molecule has 0 fully saturated rings. The van der Waals surface area contributed by atoms with Gasteiger partial charge < -0.3 is 4.90 Å². The highest BCUT2D eigenvalue weighted by Gasteiger charge is 2.20. The van der Waals surface area contributed by atoms with Gasteiger partial charge in [0, 0.05) is 21.0 Å². The highest BCUT2D eigenvalue weighted by molar-refractivity contribution is 5.91. The molecule has 0 saturated carbocycles. The largest absolute Gasteiger partial charge is 0.309 e. The maximum atomic E-state index is 12.5. The molecule has 0 radical (unpaired) electrons. The van der Waals surface area contributed by atoms with Gasteiger partial charge in [-0.15, -0.1) is 0 Å². The molecular formula is C14H17N3O2.